The molecule has 0 heterocycles. The summed E-state index contributed by atoms with van der Waals surface area (Å²) in [5.41, 5.74) is 0.320. The van der Waals surface area contributed by atoms with Crippen molar-refractivity contribution >= 4 is 5.78 Å². The van der Waals surface area contributed by atoms with E-state index in [0.717, 1.165) is 6.08 Å². The number of ketones is 1. The zero-order chi connectivity index (χ0) is 9.02. The molecule has 0 fully saturated rings. The molecular formula is C8H12O3. The number of hydrogen-bond acceptors (Lipinski definition) is 3. The second-order valence-electron chi connectivity index (χ2n) is 2.35. The summed E-state index contributed by atoms with van der Waals surface area (Å²) in [6.07, 6.45) is 1.06. The second-order valence-corrected chi connectivity index (χ2v) is 2.35. The minimum atomic E-state index is -0.247. The van der Waals surface area contributed by atoms with Gasteiger partial charge in [0.25, 0.3) is 0 Å². The van der Waals surface area contributed by atoms with Crippen LogP contribution in [0.1, 0.15) is 20.8 Å². The van der Waals surface area contributed by atoms with E-state index in [9.17, 15) is 4.79 Å². The average Bonchev–Trinajstić information content (AvgIpc) is 1.84. The first kappa shape index (κ1) is 9.75. The predicted octanol–water partition coefficient (Wildman–Crippen LogP) is 1.87. The van der Waals surface area contributed by atoms with Crippen molar-refractivity contribution in [2.45, 2.75) is 20.8 Å². The van der Waals surface area contributed by atoms with Gasteiger partial charge in [-0.1, -0.05) is 0 Å². The van der Waals surface area contributed by atoms with Crippen LogP contribution in [0, 0.1) is 0 Å². The molecule has 0 radical (unpaired) electrons. The Morgan fingerprint density at radius 2 is 1.64 bits per heavy atom. The third-order valence-electron chi connectivity index (χ3n) is 1.27. The molecule has 0 saturated carbocycles. The van der Waals surface area contributed by atoms with E-state index in [2.05, 4.69) is 0 Å². The van der Waals surface area contributed by atoms with Gasteiger partial charge in [0.2, 0.25) is 0 Å². The highest BCUT2D eigenvalue weighted by atomic mass is 16.3. The predicted molar refractivity (Wildman–Crippen MR) is 42.4 cm³/mol. The van der Waals surface area contributed by atoms with Crippen molar-refractivity contribution in [2.75, 3.05) is 0 Å². The summed E-state index contributed by atoms with van der Waals surface area (Å²) in [7, 11) is 0. The van der Waals surface area contributed by atoms with Gasteiger partial charge in [0.15, 0.2) is 5.78 Å². The van der Waals surface area contributed by atoms with Crippen LogP contribution in [0.15, 0.2) is 23.2 Å². The molecule has 0 saturated heterocycles. The fraction of sp³-hybridized carbons (Fsp3) is 0.375. The molecule has 0 aliphatic heterocycles. The molecule has 0 aromatic carbocycles. The van der Waals surface area contributed by atoms with Gasteiger partial charge in [0.1, 0.15) is 5.76 Å². The molecule has 0 unspecified atom stereocenters. The van der Waals surface area contributed by atoms with Crippen LogP contribution in [0.5, 0.6) is 0 Å². The Labute approximate surface area is 65.7 Å². The Balaban J connectivity index is 4.63. The summed E-state index contributed by atoms with van der Waals surface area (Å²) >= 11 is 0. The van der Waals surface area contributed by atoms with Gasteiger partial charge in [-0.3, -0.25) is 4.79 Å². The SMILES string of the molecule is CC(=O)/C=C(O)/C(C)=C(/C)O. The third kappa shape index (κ3) is 3.45. The highest BCUT2D eigenvalue weighted by Crippen LogP contribution is 2.08. The van der Waals surface area contributed by atoms with E-state index in [1.54, 1.807) is 0 Å². The highest BCUT2D eigenvalue weighted by molar-refractivity contribution is 5.88. The fourth-order valence-corrected chi connectivity index (χ4v) is 0.486. The van der Waals surface area contributed by atoms with Crippen LogP contribution in [-0.4, -0.2) is 16.0 Å². The lowest BCUT2D eigenvalue weighted by molar-refractivity contribution is -0.112. The standard InChI is InChI=1S/C8H12O3/c1-5(9)4-8(11)6(2)7(3)10/h4,10-11H,1-3H3/b7-6-,8-4-. The van der Waals surface area contributed by atoms with E-state index in [0.29, 0.717) is 5.57 Å². The molecule has 0 aliphatic rings. The summed E-state index contributed by atoms with van der Waals surface area (Å²) in [5, 5.41) is 18.0. The maximum atomic E-state index is 10.4. The van der Waals surface area contributed by atoms with E-state index >= 15 is 0 Å². The summed E-state index contributed by atoms with van der Waals surface area (Å²) in [4.78, 5) is 10.4. The van der Waals surface area contributed by atoms with Crippen molar-refractivity contribution in [3.63, 3.8) is 0 Å². The Hall–Kier alpha value is -1.25. The van der Waals surface area contributed by atoms with Gasteiger partial charge in [-0.2, -0.15) is 0 Å². The van der Waals surface area contributed by atoms with Crippen LogP contribution in [0.4, 0.5) is 0 Å². The Morgan fingerprint density at radius 3 is 1.91 bits per heavy atom. The van der Waals surface area contributed by atoms with Gasteiger partial charge in [0, 0.05) is 11.6 Å². The van der Waals surface area contributed by atoms with E-state index in [1.807, 2.05) is 0 Å². The second kappa shape index (κ2) is 3.81. The first-order valence-electron chi connectivity index (χ1n) is 3.23. The van der Waals surface area contributed by atoms with Crippen LogP contribution in [0.3, 0.4) is 0 Å². The van der Waals surface area contributed by atoms with Gasteiger partial charge >= 0.3 is 0 Å². The highest BCUT2D eigenvalue weighted by Gasteiger charge is 2.01. The van der Waals surface area contributed by atoms with Crippen LogP contribution in [0.2, 0.25) is 0 Å². The van der Waals surface area contributed by atoms with Crippen molar-refractivity contribution < 1.29 is 15.0 Å². The van der Waals surface area contributed by atoms with Crippen molar-refractivity contribution in [1.29, 1.82) is 0 Å². The van der Waals surface area contributed by atoms with E-state index in [-0.39, 0.29) is 17.3 Å². The van der Waals surface area contributed by atoms with Gasteiger partial charge in [-0.05, 0) is 20.8 Å². The van der Waals surface area contributed by atoms with E-state index in [4.69, 9.17) is 10.2 Å². The lowest BCUT2D eigenvalue weighted by Crippen LogP contribution is -1.92. The summed E-state index contributed by atoms with van der Waals surface area (Å²) in [5.74, 6) is -0.416. The quantitative estimate of drug-likeness (QED) is 0.364. The molecule has 0 spiro atoms. The lowest BCUT2D eigenvalue weighted by atomic mass is 10.2. The third-order valence-corrected chi connectivity index (χ3v) is 1.27. The van der Waals surface area contributed by atoms with Crippen LogP contribution < -0.4 is 0 Å². The number of aliphatic hydroxyl groups excluding tert-OH is 2. The fourth-order valence-electron chi connectivity index (χ4n) is 0.486. The molecule has 0 rings (SSSR count). The number of hydrogen-bond donors (Lipinski definition) is 2. The van der Waals surface area contributed by atoms with Crippen LogP contribution in [-0.2, 0) is 4.79 Å². The molecule has 0 amide bonds. The molecular weight excluding hydrogens is 144 g/mol. The minimum absolute atomic E-state index is 0.0139. The Kier molecular flexibility index (Phi) is 3.37. The molecule has 3 nitrogen and oxygen atoms in total. The smallest absolute Gasteiger partial charge is 0.156 e. The first-order valence-corrected chi connectivity index (χ1v) is 3.23. The van der Waals surface area contributed by atoms with Crippen LogP contribution >= 0.6 is 0 Å². The van der Waals surface area contributed by atoms with Gasteiger partial charge in [0.05, 0.1) is 5.76 Å². The maximum Gasteiger partial charge on any atom is 0.156 e. The molecule has 3 heteroatoms. The topological polar surface area (TPSA) is 57.5 Å². The van der Waals surface area contributed by atoms with Gasteiger partial charge < -0.3 is 10.2 Å². The monoisotopic (exact) mass is 156 g/mol. The summed E-state index contributed by atoms with van der Waals surface area (Å²) in [6.45, 7) is 4.31. The number of carbonyl (C=O) groups excluding carboxylic acids is 1. The molecule has 0 aliphatic carbocycles. The zero-order valence-corrected chi connectivity index (χ0v) is 6.88. The Morgan fingerprint density at radius 1 is 1.18 bits per heavy atom. The van der Waals surface area contributed by atoms with Crippen LogP contribution in [0.25, 0.3) is 0 Å². The normalized spacial score (nSPS) is 14.3. The number of allylic oxidation sites excluding steroid dienone is 3. The van der Waals surface area contributed by atoms with Gasteiger partial charge in [-0.15, -0.1) is 0 Å². The number of aliphatic hydroxyl groups is 2. The zero-order valence-electron chi connectivity index (χ0n) is 6.88. The molecule has 0 bridgehead atoms. The minimum Gasteiger partial charge on any atom is -0.512 e. The molecule has 0 aromatic rings. The van der Waals surface area contributed by atoms with Crippen molar-refractivity contribution in [3.8, 4) is 0 Å². The average molecular weight is 156 g/mol. The molecule has 0 atom stereocenters. The largest absolute Gasteiger partial charge is 0.512 e. The van der Waals surface area contributed by atoms with E-state index < -0.39 is 0 Å². The summed E-state index contributed by atoms with van der Waals surface area (Å²) < 4.78 is 0. The molecule has 11 heavy (non-hydrogen) atoms. The van der Waals surface area contributed by atoms with Crippen molar-refractivity contribution in [1.82, 2.24) is 0 Å². The summed E-state index contributed by atoms with van der Waals surface area (Å²) in [6, 6.07) is 0. The Bertz CT molecular complexity index is 219. The molecule has 2 N–H and O–H groups in total. The van der Waals surface area contributed by atoms with Crippen molar-refractivity contribution in [2.24, 2.45) is 0 Å². The molecule has 62 valence electrons. The van der Waals surface area contributed by atoms with E-state index in [1.165, 1.54) is 20.8 Å². The number of carbonyl (C=O) groups is 1. The van der Waals surface area contributed by atoms with Gasteiger partial charge in [-0.25, -0.2) is 0 Å². The first-order chi connectivity index (χ1) is 4.95. The number of rotatable bonds is 2. The molecule has 0 aromatic heterocycles. The maximum absolute atomic E-state index is 10.4. The lowest BCUT2D eigenvalue weighted by Gasteiger charge is -1.99. The van der Waals surface area contributed by atoms with Crippen molar-refractivity contribution in [3.05, 3.63) is 23.2 Å².